The predicted molar refractivity (Wildman–Crippen MR) is 63.0 cm³/mol. The van der Waals surface area contributed by atoms with Crippen LogP contribution in [-0.2, 0) is 14.8 Å². The van der Waals surface area contributed by atoms with E-state index in [1.54, 1.807) is 0 Å². The first-order chi connectivity index (χ1) is 7.26. The molecular formula is C9H21N3O3S. The number of carbonyl (C=O) groups is 1. The van der Waals surface area contributed by atoms with E-state index in [-0.39, 0.29) is 30.7 Å². The van der Waals surface area contributed by atoms with E-state index in [1.165, 1.54) is 0 Å². The van der Waals surface area contributed by atoms with Crippen molar-refractivity contribution in [3.05, 3.63) is 0 Å². The molecule has 6 nitrogen and oxygen atoms in total. The summed E-state index contributed by atoms with van der Waals surface area (Å²) >= 11 is 0. The summed E-state index contributed by atoms with van der Waals surface area (Å²) in [5.74, 6) is -0.351. The van der Waals surface area contributed by atoms with Gasteiger partial charge in [-0.05, 0) is 12.3 Å². The monoisotopic (exact) mass is 251 g/mol. The van der Waals surface area contributed by atoms with Gasteiger partial charge in [-0.15, -0.1) is 0 Å². The Hall–Kier alpha value is -0.660. The standard InChI is InChI=1S/C9H21N3O3S/c1-7(2)5-8(6-10)9(13)12-3-4-16(11,14)15/h7-8H,3-6,10H2,1-2H3,(H,12,13)(H2,11,14,15). The van der Waals surface area contributed by atoms with Gasteiger partial charge in [0.05, 0.1) is 11.7 Å². The van der Waals surface area contributed by atoms with E-state index in [0.717, 1.165) is 0 Å². The van der Waals surface area contributed by atoms with E-state index in [9.17, 15) is 13.2 Å². The van der Waals surface area contributed by atoms with Crippen LogP contribution in [0.2, 0.25) is 0 Å². The first-order valence-corrected chi connectivity index (χ1v) is 6.96. The summed E-state index contributed by atoms with van der Waals surface area (Å²) in [6.45, 7) is 4.30. The SMILES string of the molecule is CC(C)CC(CN)C(=O)NCCS(N)(=O)=O. The molecule has 0 heterocycles. The Bertz CT molecular complexity index is 314. The van der Waals surface area contributed by atoms with Crippen molar-refractivity contribution in [2.75, 3.05) is 18.8 Å². The van der Waals surface area contributed by atoms with Crippen molar-refractivity contribution >= 4 is 15.9 Å². The van der Waals surface area contributed by atoms with Crippen LogP contribution in [0.1, 0.15) is 20.3 Å². The first kappa shape index (κ1) is 15.3. The number of nitrogens with two attached hydrogens (primary N) is 2. The van der Waals surface area contributed by atoms with Gasteiger partial charge in [-0.25, -0.2) is 13.6 Å². The lowest BCUT2D eigenvalue weighted by atomic mass is 9.96. The fourth-order valence-electron chi connectivity index (χ4n) is 1.34. The smallest absolute Gasteiger partial charge is 0.224 e. The van der Waals surface area contributed by atoms with Crippen molar-refractivity contribution in [3.8, 4) is 0 Å². The van der Waals surface area contributed by atoms with Gasteiger partial charge in [-0.2, -0.15) is 0 Å². The average Bonchev–Trinajstić information content (AvgIpc) is 2.11. The molecule has 0 saturated heterocycles. The third kappa shape index (κ3) is 7.61. The molecule has 0 aliphatic carbocycles. The Kier molecular flexibility index (Phi) is 6.54. The molecule has 7 heteroatoms. The number of hydrogen-bond acceptors (Lipinski definition) is 4. The molecule has 0 radical (unpaired) electrons. The number of nitrogens with one attached hydrogen (secondary N) is 1. The normalized spacial score (nSPS) is 13.8. The summed E-state index contributed by atoms with van der Waals surface area (Å²) in [5, 5.41) is 7.32. The molecule has 0 rings (SSSR count). The van der Waals surface area contributed by atoms with Crippen molar-refractivity contribution < 1.29 is 13.2 Å². The Morgan fingerprint density at radius 3 is 2.31 bits per heavy atom. The van der Waals surface area contributed by atoms with Crippen molar-refractivity contribution in [2.24, 2.45) is 22.7 Å². The molecule has 0 aliphatic rings. The molecule has 0 aliphatic heterocycles. The van der Waals surface area contributed by atoms with Crippen LogP contribution in [0, 0.1) is 11.8 Å². The predicted octanol–water partition coefficient (Wildman–Crippen LogP) is -0.988. The molecule has 0 aromatic rings. The molecule has 16 heavy (non-hydrogen) atoms. The van der Waals surface area contributed by atoms with Crippen LogP contribution in [-0.4, -0.2) is 33.2 Å². The molecule has 0 saturated carbocycles. The zero-order valence-corrected chi connectivity index (χ0v) is 10.6. The molecule has 0 spiro atoms. The summed E-state index contributed by atoms with van der Waals surface area (Å²) in [5.41, 5.74) is 5.48. The second-order valence-electron chi connectivity index (χ2n) is 4.22. The van der Waals surface area contributed by atoms with Crippen LogP contribution in [0.25, 0.3) is 0 Å². The first-order valence-electron chi connectivity index (χ1n) is 5.24. The quantitative estimate of drug-likeness (QED) is 0.539. The maximum Gasteiger partial charge on any atom is 0.224 e. The Balaban J connectivity index is 4.03. The van der Waals surface area contributed by atoms with E-state index >= 15 is 0 Å². The topological polar surface area (TPSA) is 115 Å². The van der Waals surface area contributed by atoms with Gasteiger partial charge in [0, 0.05) is 13.1 Å². The summed E-state index contributed by atoms with van der Waals surface area (Å²) in [7, 11) is -3.52. The summed E-state index contributed by atoms with van der Waals surface area (Å²) in [6.07, 6.45) is 0.692. The maximum absolute atomic E-state index is 11.6. The van der Waals surface area contributed by atoms with Gasteiger partial charge < -0.3 is 11.1 Å². The van der Waals surface area contributed by atoms with Crippen molar-refractivity contribution in [1.82, 2.24) is 5.32 Å². The maximum atomic E-state index is 11.6. The minimum absolute atomic E-state index is 0.0340. The lowest BCUT2D eigenvalue weighted by molar-refractivity contribution is -0.125. The largest absolute Gasteiger partial charge is 0.355 e. The van der Waals surface area contributed by atoms with Gasteiger partial charge in [0.1, 0.15) is 0 Å². The van der Waals surface area contributed by atoms with E-state index in [1.807, 2.05) is 13.8 Å². The number of sulfonamides is 1. The van der Waals surface area contributed by atoms with Crippen molar-refractivity contribution in [2.45, 2.75) is 20.3 Å². The molecule has 0 fully saturated rings. The van der Waals surface area contributed by atoms with E-state index in [4.69, 9.17) is 10.9 Å². The molecular weight excluding hydrogens is 230 g/mol. The third-order valence-electron chi connectivity index (χ3n) is 2.10. The van der Waals surface area contributed by atoms with Crippen molar-refractivity contribution in [3.63, 3.8) is 0 Å². The van der Waals surface area contributed by atoms with Crippen molar-refractivity contribution in [1.29, 1.82) is 0 Å². The van der Waals surface area contributed by atoms with E-state index in [2.05, 4.69) is 5.32 Å². The highest BCUT2D eigenvalue weighted by Crippen LogP contribution is 2.10. The Morgan fingerprint density at radius 1 is 1.38 bits per heavy atom. The Labute approximate surface area is 96.8 Å². The lowest BCUT2D eigenvalue weighted by Gasteiger charge is -2.16. The average molecular weight is 251 g/mol. The number of hydrogen-bond donors (Lipinski definition) is 3. The van der Waals surface area contributed by atoms with Crippen LogP contribution in [0.3, 0.4) is 0 Å². The molecule has 0 aromatic carbocycles. The van der Waals surface area contributed by atoms with E-state index in [0.29, 0.717) is 12.3 Å². The molecule has 1 amide bonds. The minimum Gasteiger partial charge on any atom is -0.355 e. The highest BCUT2D eigenvalue weighted by molar-refractivity contribution is 7.89. The van der Waals surface area contributed by atoms with Gasteiger partial charge in [0.2, 0.25) is 15.9 Å². The Morgan fingerprint density at radius 2 is 1.94 bits per heavy atom. The summed E-state index contributed by atoms with van der Waals surface area (Å²) in [4.78, 5) is 11.6. The number of rotatable bonds is 7. The molecule has 0 aromatic heterocycles. The van der Waals surface area contributed by atoms with Crippen LogP contribution >= 0.6 is 0 Å². The molecule has 1 atom stereocenters. The second-order valence-corrected chi connectivity index (χ2v) is 5.95. The van der Waals surface area contributed by atoms with Crippen LogP contribution in [0.15, 0.2) is 0 Å². The number of primary sulfonamides is 1. The highest BCUT2D eigenvalue weighted by atomic mass is 32.2. The van der Waals surface area contributed by atoms with E-state index < -0.39 is 10.0 Å². The zero-order chi connectivity index (χ0) is 12.8. The van der Waals surface area contributed by atoms with Crippen LogP contribution in [0.5, 0.6) is 0 Å². The third-order valence-corrected chi connectivity index (χ3v) is 2.87. The summed E-state index contributed by atoms with van der Waals surface area (Å²) in [6, 6.07) is 0. The molecule has 1 unspecified atom stereocenters. The highest BCUT2D eigenvalue weighted by Gasteiger charge is 2.17. The minimum atomic E-state index is -3.52. The van der Waals surface area contributed by atoms with Gasteiger partial charge >= 0.3 is 0 Å². The molecule has 0 bridgehead atoms. The van der Waals surface area contributed by atoms with Gasteiger partial charge in [0.15, 0.2) is 0 Å². The lowest BCUT2D eigenvalue weighted by Crippen LogP contribution is -2.38. The zero-order valence-electron chi connectivity index (χ0n) is 9.77. The van der Waals surface area contributed by atoms with Crippen LogP contribution < -0.4 is 16.2 Å². The number of carbonyl (C=O) groups excluding carboxylic acids is 1. The molecule has 5 N–H and O–H groups in total. The molecule has 96 valence electrons. The summed E-state index contributed by atoms with van der Waals surface area (Å²) < 4.78 is 21.3. The number of amides is 1. The second kappa shape index (κ2) is 6.82. The fourth-order valence-corrected chi connectivity index (χ4v) is 1.73. The van der Waals surface area contributed by atoms with Gasteiger partial charge in [-0.1, -0.05) is 13.8 Å². The fraction of sp³-hybridized carbons (Fsp3) is 0.889. The van der Waals surface area contributed by atoms with Gasteiger partial charge in [0.25, 0.3) is 0 Å². The van der Waals surface area contributed by atoms with Crippen LogP contribution in [0.4, 0.5) is 0 Å². The van der Waals surface area contributed by atoms with Gasteiger partial charge in [-0.3, -0.25) is 4.79 Å².